The van der Waals surface area contributed by atoms with Crippen molar-refractivity contribution in [2.24, 2.45) is 7.05 Å². The lowest BCUT2D eigenvalue weighted by Crippen LogP contribution is -2.27. The lowest BCUT2D eigenvalue weighted by molar-refractivity contribution is 0.0940. The third kappa shape index (κ3) is 2.45. The van der Waals surface area contributed by atoms with Gasteiger partial charge >= 0.3 is 0 Å². The van der Waals surface area contributed by atoms with Crippen LogP contribution in [0.5, 0.6) is 0 Å². The summed E-state index contributed by atoms with van der Waals surface area (Å²) in [6.45, 7) is 1.91. The number of carbonyl (C=O) groups is 1. The maximum atomic E-state index is 12.5. The van der Waals surface area contributed by atoms with Crippen molar-refractivity contribution >= 4 is 5.91 Å². The van der Waals surface area contributed by atoms with Gasteiger partial charge in [0.05, 0.1) is 18.4 Å². The maximum Gasteiger partial charge on any atom is 0.257 e. The summed E-state index contributed by atoms with van der Waals surface area (Å²) in [5.41, 5.74) is 1.46. The first-order chi connectivity index (χ1) is 10.2. The van der Waals surface area contributed by atoms with Gasteiger partial charge in [-0.25, -0.2) is 0 Å². The van der Waals surface area contributed by atoms with E-state index in [0.29, 0.717) is 5.56 Å². The molecule has 0 fully saturated rings. The van der Waals surface area contributed by atoms with Crippen LogP contribution in [0.25, 0.3) is 5.82 Å². The largest absolute Gasteiger partial charge is 0.345 e. The molecule has 7 nitrogen and oxygen atoms in total. The van der Waals surface area contributed by atoms with Crippen LogP contribution < -0.4 is 5.32 Å². The van der Waals surface area contributed by atoms with Crippen molar-refractivity contribution in [1.29, 1.82) is 0 Å². The summed E-state index contributed by atoms with van der Waals surface area (Å²) in [7, 11) is 1.81. The zero-order valence-electron chi connectivity index (χ0n) is 11.8. The summed E-state index contributed by atoms with van der Waals surface area (Å²) < 4.78 is 3.54. The Morgan fingerprint density at radius 3 is 2.76 bits per heavy atom. The number of hydrogen-bond donors (Lipinski definition) is 2. The SMILES string of the molecule is CC(NC(=O)c1cnn(C)c1-n1cccc1)c1cn[nH]c1. The van der Waals surface area contributed by atoms with Crippen LogP contribution in [0, 0.1) is 0 Å². The number of aromatic nitrogens is 5. The van der Waals surface area contributed by atoms with E-state index in [1.807, 2.05) is 43.1 Å². The molecule has 3 rings (SSSR count). The molecular weight excluding hydrogens is 268 g/mol. The van der Waals surface area contributed by atoms with Crippen LogP contribution in [0.4, 0.5) is 0 Å². The standard InChI is InChI=1S/C14H16N6O/c1-10(11-7-15-16-8-11)18-13(21)12-9-17-19(2)14(12)20-5-3-4-6-20/h3-10H,1-2H3,(H,15,16)(H,18,21). The van der Waals surface area contributed by atoms with Gasteiger partial charge < -0.3 is 9.88 Å². The molecule has 0 aliphatic carbocycles. The zero-order chi connectivity index (χ0) is 14.8. The van der Waals surface area contributed by atoms with E-state index in [9.17, 15) is 4.79 Å². The number of hydrogen-bond acceptors (Lipinski definition) is 3. The Bertz CT molecular complexity index is 726. The van der Waals surface area contributed by atoms with Gasteiger partial charge in [0.25, 0.3) is 5.91 Å². The summed E-state index contributed by atoms with van der Waals surface area (Å²) in [5.74, 6) is 0.567. The molecular formula is C14H16N6O. The van der Waals surface area contributed by atoms with Crippen LogP contribution in [-0.2, 0) is 7.05 Å². The molecule has 3 aromatic heterocycles. The quantitative estimate of drug-likeness (QED) is 0.760. The summed E-state index contributed by atoms with van der Waals surface area (Å²) in [6.07, 6.45) is 8.80. The van der Waals surface area contributed by atoms with Crippen LogP contribution in [0.3, 0.4) is 0 Å². The van der Waals surface area contributed by atoms with Crippen molar-refractivity contribution in [3.8, 4) is 5.82 Å². The molecule has 0 saturated heterocycles. The first-order valence-corrected chi connectivity index (χ1v) is 6.61. The first-order valence-electron chi connectivity index (χ1n) is 6.61. The molecule has 3 aromatic rings. The number of carbonyl (C=O) groups excluding carboxylic acids is 1. The second-order valence-electron chi connectivity index (χ2n) is 4.82. The van der Waals surface area contributed by atoms with Crippen LogP contribution in [0.15, 0.2) is 43.1 Å². The van der Waals surface area contributed by atoms with Crippen LogP contribution in [-0.4, -0.2) is 30.5 Å². The van der Waals surface area contributed by atoms with E-state index in [2.05, 4.69) is 20.6 Å². The number of aromatic amines is 1. The highest BCUT2D eigenvalue weighted by Gasteiger charge is 2.19. The molecule has 0 radical (unpaired) electrons. The number of rotatable bonds is 4. The molecule has 1 atom stereocenters. The molecule has 21 heavy (non-hydrogen) atoms. The van der Waals surface area contributed by atoms with Gasteiger partial charge in [-0.05, 0) is 19.1 Å². The minimum absolute atomic E-state index is 0.131. The van der Waals surface area contributed by atoms with Crippen molar-refractivity contribution in [2.45, 2.75) is 13.0 Å². The Balaban J connectivity index is 1.86. The summed E-state index contributed by atoms with van der Waals surface area (Å²) >= 11 is 0. The lowest BCUT2D eigenvalue weighted by atomic mass is 10.2. The second kappa shape index (κ2) is 5.28. The molecule has 2 N–H and O–H groups in total. The molecule has 0 aromatic carbocycles. The van der Waals surface area contributed by atoms with E-state index >= 15 is 0 Å². The molecule has 0 bridgehead atoms. The minimum atomic E-state index is -0.166. The van der Waals surface area contributed by atoms with Gasteiger partial charge in [0.1, 0.15) is 11.4 Å². The van der Waals surface area contributed by atoms with Gasteiger partial charge in [0, 0.05) is 31.2 Å². The van der Waals surface area contributed by atoms with Gasteiger partial charge in [-0.15, -0.1) is 0 Å². The van der Waals surface area contributed by atoms with E-state index in [0.717, 1.165) is 11.4 Å². The van der Waals surface area contributed by atoms with E-state index in [4.69, 9.17) is 0 Å². The predicted molar refractivity (Wildman–Crippen MR) is 77.0 cm³/mol. The average molecular weight is 284 g/mol. The smallest absolute Gasteiger partial charge is 0.257 e. The number of aryl methyl sites for hydroxylation is 1. The van der Waals surface area contributed by atoms with Gasteiger partial charge in [0.2, 0.25) is 0 Å². The number of amides is 1. The van der Waals surface area contributed by atoms with E-state index in [-0.39, 0.29) is 11.9 Å². The normalized spacial score (nSPS) is 12.3. The van der Waals surface area contributed by atoms with Crippen molar-refractivity contribution in [2.75, 3.05) is 0 Å². The monoisotopic (exact) mass is 284 g/mol. The fourth-order valence-electron chi connectivity index (χ4n) is 2.23. The average Bonchev–Trinajstić information content (AvgIpc) is 3.19. The van der Waals surface area contributed by atoms with E-state index in [1.165, 1.54) is 0 Å². The molecule has 0 spiro atoms. The number of nitrogens with one attached hydrogen (secondary N) is 2. The molecule has 108 valence electrons. The fraction of sp³-hybridized carbons (Fsp3) is 0.214. The molecule has 3 heterocycles. The van der Waals surface area contributed by atoms with Gasteiger partial charge in [-0.2, -0.15) is 10.2 Å². The van der Waals surface area contributed by atoms with Crippen molar-refractivity contribution in [3.63, 3.8) is 0 Å². The Kier molecular flexibility index (Phi) is 3.31. The highest BCUT2D eigenvalue weighted by atomic mass is 16.1. The van der Waals surface area contributed by atoms with E-state index < -0.39 is 0 Å². The van der Waals surface area contributed by atoms with E-state index in [1.54, 1.807) is 23.3 Å². The van der Waals surface area contributed by atoms with Gasteiger partial charge in [-0.3, -0.25) is 14.6 Å². The van der Waals surface area contributed by atoms with Crippen molar-refractivity contribution in [1.82, 2.24) is 29.9 Å². The Morgan fingerprint density at radius 1 is 1.33 bits per heavy atom. The third-order valence-electron chi connectivity index (χ3n) is 3.37. The fourth-order valence-corrected chi connectivity index (χ4v) is 2.23. The van der Waals surface area contributed by atoms with Crippen LogP contribution >= 0.6 is 0 Å². The second-order valence-corrected chi connectivity index (χ2v) is 4.82. The maximum absolute atomic E-state index is 12.5. The summed E-state index contributed by atoms with van der Waals surface area (Å²) in [4.78, 5) is 12.5. The minimum Gasteiger partial charge on any atom is -0.345 e. The molecule has 0 saturated carbocycles. The molecule has 1 amide bonds. The van der Waals surface area contributed by atoms with Crippen LogP contribution in [0.1, 0.15) is 28.9 Å². The number of nitrogens with zero attached hydrogens (tertiary/aromatic N) is 4. The van der Waals surface area contributed by atoms with Crippen molar-refractivity contribution in [3.05, 3.63) is 54.2 Å². The molecule has 0 aliphatic heterocycles. The predicted octanol–water partition coefficient (Wildman–Crippen LogP) is 1.42. The molecule has 7 heteroatoms. The van der Waals surface area contributed by atoms with Crippen molar-refractivity contribution < 1.29 is 4.79 Å². The third-order valence-corrected chi connectivity index (χ3v) is 3.37. The Morgan fingerprint density at radius 2 is 2.10 bits per heavy atom. The van der Waals surface area contributed by atoms with Gasteiger partial charge in [-0.1, -0.05) is 0 Å². The van der Waals surface area contributed by atoms with Crippen LogP contribution in [0.2, 0.25) is 0 Å². The lowest BCUT2D eigenvalue weighted by Gasteiger charge is -2.13. The summed E-state index contributed by atoms with van der Waals surface area (Å²) in [6, 6.07) is 3.68. The Hall–Kier alpha value is -2.83. The Labute approximate surface area is 121 Å². The zero-order valence-corrected chi connectivity index (χ0v) is 11.8. The molecule has 1 unspecified atom stereocenters. The highest BCUT2D eigenvalue weighted by molar-refractivity contribution is 5.97. The summed E-state index contributed by atoms with van der Waals surface area (Å²) in [5, 5.41) is 13.8. The molecule has 0 aliphatic rings. The number of H-pyrrole nitrogens is 1. The van der Waals surface area contributed by atoms with Gasteiger partial charge in [0.15, 0.2) is 0 Å². The first kappa shape index (κ1) is 13.2. The highest BCUT2D eigenvalue weighted by Crippen LogP contribution is 2.16. The topological polar surface area (TPSA) is 80.5 Å².